The van der Waals surface area contributed by atoms with E-state index in [2.05, 4.69) is 0 Å². The fraction of sp³-hybridized carbons (Fsp3) is 0.857. The number of aliphatic carboxylic acids is 1. The van der Waals surface area contributed by atoms with Crippen LogP contribution in [0.3, 0.4) is 0 Å². The molecular formula is C7H15NO2. The first-order valence-corrected chi connectivity index (χ1v) is 3.64. The summed E-state index contributed by atoms with van der Waals surface area (Å²) in [5.74, 6) is -0.711. The second-order valence-electron chi connectivity index (χ2n) is 2.48. The Kier molecular flexibility index (Phi) is 4.94. The Morgan fingerprint density at radius 1 is 1.70 bits per heavy atom. The van der Waals surface area contributed by atoms with Gasteiger partial charge in [-0.2, -0.15) is 0 Å². The van der Waals surface area contributed by atoms with Gasteiger partial charge in [0.2, 0.25) is 0 Å². The van der Waals surface area contributed by atoms with Crippen molar-refractivity contribution in [3.05, 3.63) is 0 Å². The van der Waals surface area contributed by atoms with Crippen molar-refractivity contribution in [2.45, 2.75) is 38.6 Å². The van der Waals surface area contributed by atoms with E-state index in [0.29, 0.717) is 12.5 Å². The molecule has 0 aromatic rings. The highest BCUT2D eigenvalue weighted by Crippen LogP contribution is 2.13. The zero-order valence-electron chi connectivity index (χ0n) is 6.34. The monoisotopic (exact) mass is 145 g/mol. The topological polar surface area (TPSA) is 63.3 Å². The summed E-state index contributed by atoms with van der Waals surface area (Å²) in [6, 6.07) is 0.583. The Balaban J connectivity index is 0.000000172. The molecule has 60 valence electrons. The number of nitrogens with two attached hydrogens (primary N) is 1. The number of hydrogen-bond donors (Lipinski definition) is 2. The molecule has 1 rings (SSSR count). The van der Waals surface area contributed by atoms with Crippen LogP contribution in [0.4, 0.5) is 0 Å². The van der Waals surface area contributed by atoms with Crippen molar-refractivity contribution >= 4 is 5.97 Å². The molecule has 0 aliphatic heterocycles. The molecule has 1 aliphatic rings. The SMILES string of the molecule is CCCC(=O)O.NC1CC1. The predicted molar refractivity (Wildman–Crippen MR) is 39.8 cm³/mol. The van der Waals surface area contributed by atoms with E-state index in [0.717, 1.165) is 6.42 Å². The van der Waals surface area contributed by atoms with Crippen LogP contribution < -0.4 is 5.73 Å². The lowest BCUT2D eigenvalue weighted by atomic mass is 10.4. The molecule has 0 aromatic heterocycles. The Morgan fingerprint density at radius 3 is 2.10 bits per heavy atom. The van der Waals surface area contributed by atoms with E-state index in [1.165, 1.54) is 12.8 Å². The zero-order valence-corrected chi connectivity index (χ0v) is 6.34. The van der Waals surface area contributed by atoms with Gasteiger partial charge in [0.15, 0.2) is 0 Å². The number of hydrogen-bond acceptors (Lipinski definition) is 2. The summed E-state index contributed by atoms with van der Waals surface area (Å²) < 4.78 is 0. The van der Waals surface area contributed by atoms with Crippen molar-refractivity contribution in [1.82, 2.24) is 0 Å². The average Bonchev–Trinajstić information content (AvgIpc) is 2.52. The largest absolute Gasteiger partial charge is 0.481 e. The van der Waals surface area contributed by atoms with Gasteiger partial charge in [-0.1, -0.05) is 6.92 Å². The summed E-state index contributed by atoms with van der Waals surface area (Å²) in [5.41, 5.74) is 5.22. The Morgan fingerprint density at radius 2 is 2.10 bits per heavy atom. The third kappa shape index (κ3) is 10.4. The molecule has 1 fully saturated rings. The molecule has 0 unspecified atom stereocenters. The summed E-state index contributed by atoms with van der Waals surface area (Å²) >= 11 is 0. The van der Waals surface area contributed by atoms with Crippen LogP contribution >= 0.6 is 0 Å². The second kappa shape index (κ2) is 5.23. The van der Waals surface area contributed by atoms with Crippen molar-refractivity contribution in [3.8, 4) is 0 Å². The van der Waals surface area contributed by atoms with Gasteiger partial charge in [-0.3, -0.25) is 4.79 Å². The fourth-order valence-corrected chi connectivity index (χ4v) is 0.310. The molecule has 0 aromatic carbocycles. The molecule has 3 nitrogen and oxygen atoms in total. The van der Waals surface area contributed by atoms with Gasteiger partial charge in [-0.05, 0) is 19.3 Å². The molecule has 0 heterocycles. The lowest BCUT2D eigenvalue weighted by molar-refractivity contribution is -0.137. The maximum absolute atomic E-state index is 9.60. The molecule has 0 atom stereocenters. The third-order valence-corrected chi connectivity index (χ3v) is 1.09. The van der Waals surface area contributed by atoms with Crippen LogP contribution in [0.1, 0.15) is 32.6 Å². The van der Waals surface area contributed by atoms with E-state index < -0.39 is 5.97 Å². The van der Waals surface area contributed by atoms with Gasteiger partial charge in [-0.25, -0.2) is 0 Å². The lowest BCUT2D eigenvalue weighted by Gasteiger charge is -1.79. The third-order valence-electron chi connectivity index (χ3n) is 1.09. The molecule has 1 aliphatic carbocycles. The molecule has 3 heteroatoms. The minimum atomic E-state index is -0.711. The van der Waals surface area contributed by atoms with Crippen molar-refractivity contribution in [1.29, 1.82) is 0 Å². The number of rotatable bonds is 2. The van der Waals surface area contributed by atoms with Gasteiger partial charge in [-0.15, -0.1) is 0 Å². The molecule has 0 bridgehead atoms. The van der Waals surface area contributed by atoms with Crippen molar-refractivity contribution in [2.24, 2.45) is 5.73 Å². The van der Waals surface area contributed by atoms with Gasteiger partial charge in [0, 0.05) is 12.5 Å². The maximum atomic E-state index is 9.60. The minimum absolute atomic E-state index is 0.292. The number of carboxylic acids is 1. The zero-order chi connectivity index (χ0) is 7.98. The van der Waals surface area contributed by atoms with Crippen molar-refractivity contribution < 1.29 is 9.90 Å². The van der Waals surface area contributed by atoms with Gasteiger partial charge in [0.1, 0.15) is 0 Å². The van der Waals surface area contributed by atoms with E-state index >= 15 is 0 Å². The Bertz CT molecular complexity index is 99.8. The molecular weight excluding hydrogens is 130 g/mol. The molecule has 1 saturated carbocycles. The van der Waals surface area contributed by atoms with Crippen LogP contribution in [0.5, 0.6) is 0 Å². The van der Waals surface area contributed by atoms with Crippen molar-refractivity contribution in [2.75, 3.05) is 0 Å². The van der Waals surface area contributed by atoms with Crippen LogP contribution in [0.15, 0.2) is 0 Å². The number of carbonyl (C=O) groups is 1. The van der Waals surface area contributed by atoms with Crippen LogP contribution in [0.25, 0.3) is 0 Å². The highest BCUT2D eigenvalue weighted by Gasteiger charge is 2.13. The molecule has 10 heavy (non-hydrogen) atoms. The molecule has 0 spiro atoms. The first-order chi connectivity index (χ1) is 4.66. The van der Waals surface area contributed by atoms with Gasteiger partial charge < -0.3 is 10.8 Å². The van der Waals surface area contributed by atoms with E-state index in [1.54, 1.807) is 0 Å². The van der Waals surface area contributed by atoms with Crippen LogP contribution in [-0.4, -0.2) is 17.1 Å². The van der Waals surface area contributed by atoms with Gasteiger partial charge >= 0.3 is 5.97 Å². The Hall–Kier alpha value is -0.570. The van der Waals surface area contributed by atoms with E-state index in [-0.39, 0.29) is 0 Å². The summed E-state index contributed by atoms with van der Waals surface area (Å²) in [6.45, 7) is 1.84. The highest BCUT2D eigenvalue weighted by atomic mass is 16.4. The van der Waals surface area contributed by atoms with E-state index in [4.69, 9.17) is 10.8 Å². The number of carboxylic acid groups (broad SMARTS) is 1. The second-order valence-corrected chi connectivity index (χ2v) is 2.48. The predicted octanol–water partition coefficient (Wildman–Crippen LogP) is 0.979. The summed E-state index contributed by atoms with van der Waals surface area (Å²) in [7, 11) is 0. The quantitative estimate of drug-likeness (QED) is 0.608. The molecule has 0 amide bonds. The average molecular weight is 145 g/mol. The Labute approximate surface area is 61.2 Å². The van der Waals surface area contributed by atoms with Crippen LogP contribution in [-0.2, 0) is 4.79 Å². The minimum Gasteiger partial charge on any atom is -0.481 e. The summed E-state index contributed by atoms with van der Waals surface area (Å²) in [4.78, 5) is 9.60. The molecule has 0 saturated heterocycles. The molecule has 0 radical (unpaired) electrons. The van der Waals surface area contributed by atoms with Crippen LogP contribution in [0, 0.1) is 0 Å². The molecule has 3 N–H and O–H groups in total. The normalized spacial score (nSPS) is 15.4. The first-order valence-electron chi connectivity index (χ1n) is 3.64. The standard InChI is InChI=1S/C4H8O2.C3H7N/c1-2-3-4(5)6;4-3-1-2-3/h2-3H2,1H3,(H,5,6);3H,1-2,4H2. The van der Waals surface area contributed by atoms with Crippen molar-refractivity contribution in [3.63, 3.8) is 0 Å². The fourth-order valence-electron chi connectivity index (χ4n) is 0.310. The highest BCUT2D eigenvalue weighted by molar-refractivity contribution is 5.66. The lowest BCUT2D eigenvalue weighted by Crippen LogP contribution is -1.94. The summed E-state index contributed by atoms with van der Waals surface area (Å²) in [6.07, 6.45) is 3.55. The first kappa shape index (κ1) is 9.43. The maximum Gasteiger partial charge on any atom is 0.303 e. The van der Waals surface area contributed by atoms with Crippen LogP contribution in [0.2, 0.25) is 0 Å². The van der Waals surface area contributed by atoms with Gasteiger partial charge in [0.05, 0.1) is 0 Å². The van der Waals surface area contributed by atoms with E-state index in [9.17, 15) is 4.79 Å². The van der Waals surface area contributed by atoms with E-state index in [1.807, 2.05) is 6.92 Å². The van der Waals surface area contributed by atoms with Gasteiger partial charge in [0.25, 0.3) is 0 Å². The smallest absolute Gasteiger partial charge is 0.303 e. The summed E-state index contributed by atoms with van der Waals surface area (Å²) in [5, 5.41) is 7.91.